The Kier molecular flexibility index (Phi) is 3.74. The van der Waals surface area contributed by atoms with E-state index in [2.05, 4.69) is 0 Å². The summed E-state index contributed by atoms with van der Waals surface area (Å²) in [7, 11) is 3.95. The molecule has 0 spiro atoms. The summed E-state index contributed by atoms with van der Waals surface area (Å²) in [5, 5.41) is 0. The molecule has 1 aliphatic heterocycles. The number of hydrogen-bond donors (Lipinski definition) is 0. The topological polar surface area (TPSA) is 40.6 Å². The van der Waals surface area contributed by atoms with Crippen molar-refractivity contribution in [2.75, 3.05) is 23.9 Å². The molecule has 0 saturated carbocycles. The Morgan fingerprint density at radius 2 is 1.70 bits per heavy atom. The molecule has 116 valence electrons. The van der Waals surface area contributed by atoms with Crippen molar-refractivity contribution >= 4 is 29.1 Å². The van der Waals surface area contributed by atoms with E-state index in [0.717, 1.165) is 11.3 Å². The molecule has 0 saturated heterocycles. The lowest BCUT2D eigenvalue weighted by molar-refractivity contribution is -0.116. The number of rotatable bonds is 2. The third kappa shape index (κ3) is 2.63. The van der Waals surface area contributed by atoms with Crippen molar-refractivity contribution in [3.8, 4) is 0 Å². The maximum atomic E-state index is 12.6. The molecule has 2 aromatic rings. The number of carbonyl (C=O) groups is 2. The average molecular weight is 306 g/mol. The predicted octanol–water partition coefficient (Wildman–Crippen LogP) is 3.34. The zero-order valence-electron chi connectivity index (χ0n) is 13.4. The number of fused-ring (bicyclic) bond motifs is 1. The van der Waals surface area contributed by atoms with Gasteiger partial charge in [0.1, 0.15) is 0 Å². The molecular formula is C19H18N2O2. The summed E-state index contributed by atoms with van der Waals surface area (Å²) in [6, 6.07) is 15.0. The Balaban J connectivity index is 2.04. The quantitative estimate of drug-likeness (QED) is 0.799. The number of amides is 1. The van der Waals surface area contributed by atoms with E-state index >= 15 is 0 Å². The molecule has 0 atom stereocenters. The van der Waals surface area contributed by atoms with Gasteiger partial charge in [-0.25, -0.2) is 0 Å². The lowest BCUT2D eigenvalue weighted by Gasteiger charge is -2.16. The van der Waals surface area contributed by atoms with Gasteiger partial charge < -0.3 is 4.90 Å². The molecule has 0 unspecified atom stereocenters. The van der Waals surface area contributed by atoms with Gasteiger partial charge in [-0.15, -0.1) is 0 Å². The van der Waals surface area contributed by atoms with Crippen molar-refractivity contribution in [3.63, 3.8) is 0 Å². The maximum absolute atomic E-state index is 12.6. The minimum Gasteiger partial charge on any atom is -0.378 e. The van der Waals surface area contributed by atoms with E-state index < -0.39 is 0 Å². The van der Waals surface area contributed by atoms with Crippen LogP contribution < -0.4 is 9.80 Å². The highest BCUT2D eigenvalue weighted by Gasteiger charge is 2.34. The Hall–Kier alpha value is -2.88. The smallest absolute Gasteiger partial charge is 0.228 e. The molecular weight excluding hydrogens is 288 g/mol. The summed E-state index contributed by atoms with van der Waals surface area (Å²) in [6.07, 6.45) is 1.77. The third-order valence-corrected chi connectivity index (χ3v) is 3.89. The summed E-state index contributed by atoms with van der Waals surface area (Å²) < 4.78 is 0. The largest absolute Gasteiger partial charge is 0.378 e. The van der Waals surface area contributed by atoms with Crippen LogP contribution in [-0.4, -0.2) is 25.8 Å². The van der Waals surface area contributed by atoms with Crippen LogP contribution in [-0.2, 0) is 4.79 Å². The lowest BCUT2D eigenvalue weighted by atomic mass is 10.1. The summed E-state index contributed by atoms with van der Waals surface area (Å²) in [4.78, 5) is 28.1. The van der Waals surface area contributed by atoms with Crippen molar-refractivity contribution in [3.05, 3.63) is 65.4 Å². The van der Waals surface area contributed by atoms with Crippen molar-refractivity contribution in [1.82, 2.24) is 0 Å². The van der Waals surface area contributed by atoms with Crippen LogP contribution in [0.3, 0.4) is 0 Å². The van der Waals surface area contributed by atoms with Crippen LogP contribution >= 0.6 is 0 Å². The number of anilines is 2. The van der Waals surface area contributed by atoms with Crippen LogP contribution in [0, 0.1) is 0 Å². The van der Waals surface area contributed by atoms with Crippen LogP contribution in [0.25, 0.3) is 6.08 Å². The molecule has 0 N–H and O–H groups in total. The number of hydrogen-bond acceptors (Lipinski definition) is 3. The van der Waals surface area contributed by atoms with Gasteiger partial charge in [0.05, 0.1) is 11.4 Å². The average Bonchev–Trinajstić information content (AvgIpc) is 2.81. The Bertz CT molecular complexity index is 804. The molecule has 4 nitrogen and oxygen atoms in total. The number of benzene rings is 2. The highest BCUT2D eigenvalue weighted by atomic mass is 16.2. The second kappa shape index (κ2) is 5.72. The summed E-state index contributed by atoms with van der Waals surface area (Å²) in [6.45, 7) is 1.47. The van der Waals surface area contributed by atoms with E-state index in [1.807, 2.05) is 55.4 Å². The molecule has 0 radical (unpaired) electrons. The Morgan fingerprint density at radius 1 is 1.04 bits per heavy atom. The molecule has 4 heteroatoms. The Labute approximate surface area is 135 Å². The van der Waals surface area contributed by atoms with E-state index in [1.165, 1.54) is 11.8 Å². The molecule has 1 heterocycles. The monoisotopic (exact) mass is 306 g/mol. The zero-order valence-corrected chi connectivity index (χ0v) is 13.4. The van der Waals surface area contributed by atoms with Gasteiger partial charge in [0, 0.05) is 32.3 Å². The molecule has 3 rings (SSSR count). The van der Waals surface area contributed by atoms with Crippen LogP contribution in [0.2, 0.25) is 0 Å². The van der Waals surface area contributed by atoms with Crippen LogP contribution in [0.1, 0.15) is 22.8 Å². The fourth-order valence-corrected chi connectivity index (χ4v) is 2.73. The summed E-state index contributed by atoms with van der Waals surface area (Å²) in [5.41, 5.74) is 3.59. The number of allylic oxidation sites excluding steroid dienone is 1. The summed E-state index contributed by atoms with van der Waals surface area (Å²) in [5.74, 6) is -0.285. The van der Waals surface area contributed by atoms with Gasteiger partial charge in [0.15, 0.2) is 0 Å². The number of nitrogens with zero attached hydrogens (tertiary/aromatic N) is 2. The second-order valence-corrected chi connectivity index (χ2v) is 5.72. The third-order valence-electron chi connectivity index (χ3n) is 3.89. The van der Waals surface area contributed by atoms with Crippen LogP contribution in [0.4, 0.5) is 11.4 Å². The molecule has 2 aromatic carbocycles. The normalized spacial score (nSPS) is 15.0. The molecule has 0 fully saturated rings. The van der Waals surface area contributed by atoms with Crippen LogP contribution in [0.5, 0.6) is 0 Å². The first-order valence-electron chi connectivity index (χ1n) is 7.42. The highest BCUT2D eigenvalue weighted by molar-refractivity contribution is 6.26. The predicted molar refractivity (Wildman–Crippen MR) is 92.7 cm³/mol. The van der Waals surface area contributed by atoms with E-state index in [0.29, 0.717) is 16.9 Å². The van der Waals surface area contributed by atoms with Crippen molar-refractivity contribution < 1.29 is 9.59 Å². The minimum absolute atomic E-state index is 0.118. The SMILES string of the molecule is CC(=O)N1/C(=C/c2ccc(N(C)C)cc2)C(=O)c2ccccc21. The first kappa shape index (κ1) is 15.0. The van der Waals surface area contributed by atoms with E-state index in [4.69, 9.17) is 0 Å². The standard InChI is InChI=1S/C19H18N2O2/c1-13(22)21-17-7-5-4-6-16(17)19(23)18(21)12-14-8-10-15(11-9-14)20(2)3/h4-12H,1-3H3/b18-12+. The van der Waals surface area contributed by atoms with Gasteiger partial charge in [-0.05, 0) is 35.9 Å². The zero-order chi connectivity index (χ0) is 16.6. The van der Waals surface area contributed by atoms with E-state index in [-0.39, 0.29) is 11.7 Å². The van der Waals surface area contributed by atoms with Gasteiger partial charge in [0.2, 0.25) is 11.7 Å². The lowest BCUT2D eigenvalue weighted by Crippen LogP contribution is -2.25. The van der Waals surface area contributed by atoms with Crippen molar-refractivity contribution in [2.45, 2.75) is 6.92 Å². The van der Waals surface area contributed by atoms with Crippen molar-refractivity contribution in [2.24, 2.45) is 0 Å². The molecule has 23 heavy (non-hydrogen) atoms. The highest BCUT2D eigenvalue weighted by Crippen LogP contribution is 2.35. The van der Waals surface area contributed by atoms with Crippen molar-refractivity contribution in [1.29, 1.82) is 0 Å². The summed E-state index contributed by atoms with van der Waals surface area (Å²) >= 11 is 0. The number of para-hydroxylation sites is 1. The molecule has 0 aromatic heterocycles. The Morgan fingerprint density at radius 3 is 2.30 bits per heavy atom. The van der Waals surface area contributed by atoms with Gasteiger partial charge in [0.25, 0.3) is 0 Å². The first-order valence-corrected chi connectivity index (χ1v) is 7.42. The fourth-order valence-electron chi connectivity index (χ4n) is 2.73. The molecule has 1 amide bonds. The minimum atomic E-state index is -0.167. The van der Waals surface area contributed by atoms with E-state index in [9.17, 15) is 9.59 Å². The molecule has 1 aliphatic rings. The number of carbonyl (C=O) groups excluding carboxylic acids is 2. The van der Waals surface area contributed by atoms with Gasteiger partial charge in [-0.1, -0.05) is 24.3 Å². The molecule has 0 bridgehead atoms. The van der Waals surface area contributed by atoms with Gasteiger partial charge >= 0.3 is 0 Å². The number of ketones is 1. The van der Waals surface area contributed by atoms with E-state index in [1.54, 1.807) is 18.2 Å². The second-order valence-electron chi connectivity index (χ2n) is 5.72. The first-order chi connectivity index (χ1) is 11.0. The fraction of sp³-hybridized carbons (Fsp3) is 0.158. The number of Topliss-reactive ketones (excluding diaryl/α,β-unsaturated/α-hetero) is 1. The van der Waals surface area contributed by atoms with Gasteiger partial charge in [-0.2, -0.15) is 0 Å². The maximum Gasteiger partial charge on any atom is 0.228 e. The van der Waals surface area contributed by atoms with Crippen LogP contribution in [0.15, 0.2) is 54.2 Å². The van der Waals surface area contributed by atoms with Gasteiger partial charge in [-0.3, -0.25) is 14.5 Å². The molecule has 0 aliphatic carbocycles.